The Hall–Kier alpha value is -0.240. The molecule has 1 fully saturated rings. The fraction of sp³-hybridized carbons (Fsp3) is 0.625. The largest absolute Gasteiger partial charge is 0.327 e. The number of hydrogen-bond donors (Lipinski definition) is 1. The Bertz CT molecular complexity index is 442. The Balaban J connectivity index is 2.09. The molecule has 2 rings (SSSR count). The van der Waals surface area contributed by atoms with Crippen LogP contribution in [0.5, 0.6) is 0 Å². The second-order valence-electron chi connectivity index (χ2n) is 6.44. The summed E-state index contributed by atoms with van der Waals surface area (Å²) in [5.41, 5.74) is 7.93. The van der Waals surface area contributed by atoms with Gasteiger partial charge in [-0.15, -0.1) is 0 Å². The van der Waals surface area contributed by atoms with E-state index in [1.165, 1.54) is 25.7 Å². The first-order valence-electron chi connectivity index (χ1n) is 7.09. The topological polar surface area (TPSA) is 26.0 Å². The van der Waals surface area contributed by atoms with Crippen LogP contribution in [-0.2, 0) is 6.42 Å². The maximum Gasteiger partial charge on any atom is 0.0453 e. The van der Waals surface area contributed by atoms with Crippen LogP contribution in [0.2, 0.25) is 10.0 Å². The zero-order valence-electron chi connectivity index (χ0n) is 11.8. The van der Waals surface area contributed by atoms with E-state index in [1.807, 2.05) is 12.1 Å². The predicted molar refractivity (Wildman–Crippen MR) is 83.9 cm³/mol. The monoisotopic (exact) mass is 299 g/mol. The smallest absolute Gasteiger partial charge is 0.0453 e. The molecule has 0 spiro atoms. The highest BCUT2D eigenvalue weighted by atomic mass is 35.5. The summed E-state index contributed by atoms with van der Waals surface area (Å²) in [6.07, 6.45) is 5.98. The van der Waals surface area contributed by atoms with Crippen LogP contribution in [0.4, 0.5) is 0 Å². The van der Waals surface area contributed by atoms with Gasteiger partial charge in [0.25, 0.3) is 0 Å². The molecule has 0 aromatic heterocycles. The van der Waals surface area contributed by atoms with Gasteiger partial charge in [-0.1, -0.05) is 56.0 Å². The van der Waals surface area contributed by atoms with Crippen LogP contribution in [0.25, 0.3) is 0 Å². The fourth-order valence-corrected chi connectivity index (χ4v) is 3.88. The molecule has 1 aliphatic rings. The van der Waals surface area contributed by atoms with Crippen molar-refractivity contribution < 1.29 is 0 Å². The number of halogens is 2. The minimum Gasteiger partial charge on any atom is -0.327 e. The minimum atomic E-state index is 0.175. The molecule has 0 radical (unpaired) electrons. The molecular formula is C16H23Cl2N. The van der Waals surface area contributed by atoms with Gasteiger partial charge in [-0.3, -0.25) is 0 Å². The molecule has 1 nitrogen and oxygen atoms in total. The SMILES string of the molecule is CC1(C)CCCCC1C(N)Cc1ccc(Cl)cc1Cl. The Morgan fingerprint density at radius 3 is 2.68 bits per heavy atom. The maximum absolute atomic E-state index is 6.47. The van der Waals surface area contributed by atoms with Crippen LogP contribution in [0.15, 0.2) is 18.2 Å². The summed E-state index contributed by atoms with van der Waals surface area (Å²) >= 11 is 12.2. The second-order valence-corrected chi connectivity index (χ2v) is 7.29. The number of benzene rings is 1. The summed E-state index contributed by atoms with van der Waals surface area (Å²) in [5.74, 6) is 0.577. The van der Waals surface area contributed by atoms with Gasteiger partial charge in [0.15, 0.2) is 0 Å². The Kier molecular flexibility index (Phi) is 4.81. The first-order valence-corrected chi connectivity index (χ1v) is 7.85. The highest BCUT2D eigenvalue weighted by Crippen LogP contribution is 2.42. The van der Waals surface area contributed by atoms with Crippen molar-refractivity contribution in [3.05, 3.63) is 33.8 Å². The van der Waals surface area contributed by atoms with E-state index in [0.29, 0.717) is 16.4 Å². The van der Waals surface area contributed by atoms with Crippen LogP contribution < -0.4 is 5.73 Å². The molecule has 2 N–H and O–H groups in total. The normalized spacial score (nSPS) is 24.2. The average molecular weight is 300 g/mol. The molecule has 0 bridgehead atoms. The van der Waals surface area contributed by atoms with Gasteiger partial charge < -0.3 is 5.73 Å². The van der Waals surface area contributed by atoms with Gasteiger partial charge in [0.1, 0.15) is 0 Å². The van der Waals surface area contributed by atoms with E-state index >= 15 is 0 Å². The van der Waals surface area contributed by atoms with Crippen LogP contribution in [-0.4, -0.2) is 6.04 Å². The Morgan fingerprint density at radius 2 is 2.05 bits per heavy atom. The van der Waals surface area contributed by atoms with Gasteiger partial charge >= 0.3 is 0 Å². The molecule has 1 aromatic rings. The van der Waals surface area contributed by atoms with Gasteiger partial charge in [-0.2, -0.15) is 0 Å². The van der Waals surface area contributed by atoms with Crippen LogP contribution in [0, 0.1) is 11.3 Å². The summed E-state index contributed by atoms with van der Waals surface area (Å²) in [6.45, 7) is 4.69. The van der Waals surface area contributed by atoms with E-state index < -0.39 is 0 Å². The molecule has 106 valence electrons. The third kappa shape index (κ3) is 3.65. The first kappa shape index (κ1) is 15.2. The van der Waals surface area contributed by atoms with Gasteiger partial charge in [-0.25, -0.2) is 0 Å². The number of nitrogens with two attached hydrogens (primary N) is 1. The predicted octanol–water partition coefficient (Wildman–Crippen LogP) is 5.08. The molecule has 2 atom stereocenters. The molecule has 3 heteroatoms. The van der Waals surface area contributed by atoms with Crippen molar-refractivity contribution in [2.45, 2.75) is 52.0 Å². The molecule has 1 saturated carbocycles. The van der Waals surface area contributed by atoms with E-state index in [2.05, 4.69) is 13.8 Å². The fourth-order valence-electron chi connectivity index (χ4n) is 3.40. The zero-order valence-corrected chi connectivity index (χ0v) is 13.3. The molecule has 19 heavy (non-hydrogen) atoms. The lowest BCUT2D eigenvalue weighted by atomic mass is 9.65. The first-order chi connectivity index (χ1) is 8.90. The minimum absolute atomic E-state index is 0.175. The van der Waals surface area contributed by atoms with Gasteiger partial charge in [0.2, 0.25) is 0 Å². The molecule has 2 unspecified atom stereocenters. The van der Waals surface area contributed by atoms with Crippen molar-refractivity contribution in [1.29, 1.82) is 0 Å². The summed E-state index contributed by atoms with van der Waals surface area (Å²) in [4.78, 5) is 0. The molecule has 0 heterocycles. The van der Waals surface area contributed by atoms with E-state index in [-0.39, 0.29) is 6.04 Å². The molecule has 1 aliphatic carbocycles. The van der Waals surface area contributed by atoms with Crippen LogP contribution in [0.1, 0.15) is 45.1 Å². The van der Waals surface area contributed by atoms with Crippen molar-refractivity contribution in [3.63, 3.8) is 0 Å². The van der Waals surface area contributed by atoms with E-state index in [4.69, 9.17) is 28.9 Å². The standard InChI is InChI=1S/C16H23Cl2N/c1-16(2)8-4-3-5-13(16)15(19)9-11-6-7-12(17)10-14(11)18/h6-7,10,13,15H,3-5,8-9,19H2,1-2H3. The van der Waals surface area contributed by atoms with Crippen molar-refractivity contribution in [1.82, 2.24) is 0 Å². The van der Waals surface area contributed by atoms with Gasteiger partial charge in [0.05, 0.1) is 0 Å². The quantitative estimate of drug-likeness (QED) is 0.827. The summed E-state index contributed by atoms with van der Waals surface area (Å²) < 4.78 is 0. The average Bonchev–Trinajstić information content (AvgIpc) is 2.32. The van der Waals surface area contributed by atoms with E-state index in [9.17, 15) is 0 Å². The molecular weight excluding hydrogens is 277 g/mol. The van der Waals surface area contributed by atoms with E-state index in [1.54, 1.807) is 6.07 Å². The number of hydrogen-bond acceptors (Lipinski definition) is 1. The van der Waals surface area contributed by atoms with Crippen molar-refractivity contribution in [2.24, 2.45) is 17.1 Å². The van der Waals surface area contributed by atoms with Crippen LogP contribution >= 0.6 is 23.2 Å². The lowest BCUT2D eigenvalue weighted by molar-refractivity contribution is 0.112. The maximum atomic E-state index is 6.47. The third-order valence-electron chi connectivity index (χ3n) is 4.58. The molecule has 0 aliphatic heterocycles. The Morgan fingerprint density at radius 1 is 1.32 bits per heavy atom. The lowest BCUT2D eigenvalue weighted by Crippen LogP contribution is -2.43. The lowest BCUT2D eigenvalue weighted by Gasteiger charge is -2.42. The van der Waals surface area contributed by atoms with Gasteiger partial charge in [-0.05, 0) is 48.3 Å². The zero-order chi connectivity index (χ0) is 14.0. The van der Waals surface area contributed by atoms with Crippen molar-refractivity contribution in [3.8, 4) is 0 Å². The van der Waals surface area contributed by atoms with E-state index in [0.717, 1.165) is 17.0 Å². The summed E-state index contributed by atoms with van der Waals surface area (Å²) in [5, 5.41) is 1.41. The second kappa shape index (κ2) is 6.03. The Labute approximate surface area is 126 Å². The van der Waals surface area contributed by atoms with Gasteiger partial charge in [0, 0.05) is 16.1 Å². The third-order valence-corrected chi connectivity index (χ3v) is 5.16. The van der Waals surface area contributed by atoms with Crippen LogP contribution in [0.3, 0.4) is 0 Å². The molecule has 0 amide bonds. The molecule has 0 saturated heterocycles. The van der Waals surface area contributed by atoms with Crippen molar-refractivity contribution in [2.75, 3.05) is 0 Å². The molecule has 1 aromatic carbocycles. The highest BCUT2D eigenvalue weighted by Gasteiger charge is 2.36. The highest BCUT2D eigenvalue weighted by molar-refractivity contribution is 6.35. The summed E-state index contributed by atoms with van der Waals surface area (Å²) in [7, 11) is 0. The summed E-state index contributed by atoms with van der Waals surface area (Å²) in [6, 6.07) is 5.87. The van der Waals surface area contributed by atoms with Crippen molar-refractivity contribution >= 4 is 23.2 Å². The number of rotatable bonds is 3.